The average molecular weight is 590 g/mol. The standard InChI is InChI=1S/C33H44BN3O6/c1-24-33(2,3)43-34(42-24)29(18-12-22-41-4)36-31(39)28-17-11-21-37(28)32(40)27(23-26-15-9-6-10-16-26)35-30(38)20-19-25-13-7-5-8-14-25/h5-10,13-16,27-29H,1,11-12,17-23H2,2-4H3,(H,35,38)(H,36,39)/t27?,28-,29?/m0/s1. The number of methoxy groups -OCH3 is 1. The topological polar surface area (TPSA) is 106 Å². The summed E-state index contributed by atoms with van der Waals surface area (Å²) in [6.07, 6.45) is 3.67. The van der Waals surface area contributed by atoms with Crippen LogP contribution in [0.4, 0.5) is 0 Å². The SMILES string of the molecule is C=C1OB(C(CCCOC)NC(=O)[C@@H]2CCCN2C(=O)C(Cc2ccccc2)NC(=O)CCc2ccccc2)OC1(C)C. The van der Waals surface area contributed by atoms with Crippen LogP contribution in [-0.4, -0.2) is 73.6 Å². The van der Waals surface area contributed by atoms with Gasteiger partial charge in [0.2, 0.25) is 17.7 Å². The van der Waals surface area contributed by atoms with Crippen LogP contribution in [0.5, 0.6) is 0 Å². The number of carbonyl (C=O) groups excluding carboxylic acids is 3. The van der Waals surface area contributed by atoms with Crippen LogP contribution in [0.1, 0.15) is 57.1 Å². The molecule has 2 heterocycles. The fourth-order valence-electron chi connectivity index (χ4n) is 5.55. The highest BCUT2D eigenvalue weighted by atomic mass is 16.7. The first kappa shape index (κ1) is 32.3. The predicted octanol–water partition coefficient (Wildman–Crippen LogP) is 3.62. The molecule has 10 heteroatoms. The molecule has 2 aliphatic rings. The van der Waals surface area contributed by atoms with E-state index in [4.69, 9.17) is 14.0 Å². The first-order chi connectivity index (χ1) is 20.7. The zero-order chi connectivity index (χ0) is 30.8. The van der Waals surface area contributed by atoms with Crippen LogP contribution in [0.25, 0.3) is 0 Å². The number of aryl methyl sites for hydroxylation is 1. The van der Waals surface area contributed by atoms with Crippen molar-refractivity contribution in [3.8, 4) is 0 Å². The molecule has 0 spiro atoms. The number of nitrogens with zero attached hydrogens (tertiary/aromatic N) is 1. The molecule has 4 rings (SSSR count). The van der Waals surface area contributed by atoms with Gasteiger partial charge in [-0.3, -0.25) is 14.4 Å². The first-order valence-corrected chi connectivity index (χ1v) is 15.2. The minimum atomic E-state index is -0.790. The van der Waals surface area contributed by atoms with Gasteiger partial charge in [0.15, 0.2) is 0 Å². The fraction of sp³-hybridized carbons (Fsp3) is 0.485. The second kappa shape index (κ2) is 15.2. The summed E-state index contributed by atoms with van der Waals surface area (Å²) >= 11 is 0. The lowest BCUT2D eigenvalue weighted by molar-refractivity contribution is -0.141. The van der Waals surface area contributed by atoms with Crippen LogP contribution in [0.15, 0.2) is 73.0 Å². The Labute approximate surface area is 255 Å². The molecule has 0 saturated carbocycles. The first-order valence-electron chi connectivity index (χ1n) is 15.2. The number of rotatable bonds is 14. The Bertz CT molecular complexity index is 1240. The van der Waals surface area contributed by atoms with E-state index in [2.05, 4.69) is 17.2 Å². The van der Waals surface area contributed by atoms with E-state index in [1.807, 2.05) is 74.5 Å². The molecule has 2 fully saturated rings. The number of likely N-dealkylation sites (tertiary alicyclic amines) is 1. The molecule has 43 heavy (non-hydrogen) atoms. The van der Waals surface area contributed by atoms with Gasteiger partial charge in [-0.25, -0.2) is 0 Å². The third-order valence-corrected chi connectivity index (χ3v) is 8.10. The Morgan fingerprint density at radius 1 is 1.07 bits per heavy atom. The molecule has 2 unspecified atom stereocenters. The van der Waals surface area contributed by atoms with Crippen molar-refractivity contribution in [2.75, 3.05) is 20.3 Å². The zero-order valence-electron chi connectivity index (χ0n) is 25.6. The lowest BCUT2D eigenvalue weighted by Crippen LogP contribution is -2.57. The van der Waals surface area contributed by atoms with Crippen LogP contribution >= 0.6 is 0 Å². The predicted molar refractivity (Wildman–Crippen MR) is 166 cm³/mol. The van der Waals surface area contributed by atoms with E-state index >= 15 is 0 Å². The minimum absolute atomic E-state index is 0.199. The summed E-state index contributed by atoms with van der Waals surface area (Å²) in [6, 6.07) is 17.9. The van der Waals surface area contributed by atoms with Crippen molar-refractivity contribution < 1.29 is 28.4 Å². The second-order valence-electron chi connectivity index (χ2n) is 11.8. The molecule has 2 N–H and O–H groups in total. The Balaban J connectivity index is 1.45. The van der Waals surface area contributed by atoms with E-state index in [0.717, 1.165) is 11.1 Å². The quantitative estimate of drug-likeness (QED) is 0.258. The highest BCUT2D eigenvalue weighted by Crippen LogP contribution is 2.31. The number of hydrogen-bond acceptors (Lipinski definition) is 6. The molecule has 9 nitrogen and oxygen atoms in total. The zero-order valence-corrected chi connectivity index (χ0v) is 25.6. The van der Waals surface area contributed by atoms with Gasteiger partial charge in [-0.2, -0.15) is 0 Å². The molecule has 0 radical (unpaired) electrons. The van der Waals surface area contributed by atoms with E-state index in [1.165, 1.54) is 0 Å². The number of carbonyl (C=O) groups is 3. The number of ether oxygens (including phenoxy) is 1. The molecule has 2 saturated heterocycles. The average Bonchev–Trinajstić information content (AvgIpc) is 3.60. The van der Waals surface area contributed by atoms with E-state index in [-0.39, 0.29) is 24.1 Å². The van der Waals surface area contributed by atoms with Gasteiger partial charge in [0.1, 0.15) is 17.7 Å². The highest BCUT2D eigenvalue weighted by Gasteiger charge is 2.48. The number of nitrogens with one attached hydrogen (secondary N) is 2. The van der Waals surface area contributed by atoms with Crippen molar-refractivity contribution in [2.24, 2.45) is 0 Å². The molecular formula is C33H44BN3O6. The largest absolute Gasteiger partial charge is 0.549 e. The van der Waals surface area contributed by atoms with Gasteiger partial charge < -0.3 is 29.6 Å². The Hall–Kier alpha value is -3.63. The summed E-state index contributed by atoms with van der Waals surface area (Å²) in [4.78, 5) is 42.4. The smallest absolute Gasteiger partial charge is 0.536 e. The third kappa shape index (κ3) is 8.94. The van der Waals surface area contributed by atoms with Crippen molar-refractivity contribution in [1.82, 2.24) is 15.5 Å². The van der Waals surface area contributed by atoms with Crippen molar-refractivity contribution >= 4 is 24.8 Å². The van der Waals surface area contributed by atoms with Crippen LogP contribution in [-0.2, 0) is 41.3 Å². The molecular weight excluding hydrogens is 545 g/mol. The molecule has 2 aromatic carbocycles. The van der Waals surface area contributed by atoms with Crippen molar-refractivity contribution in [3.05, 3.63) is 84.1 Å². The number of hydrogen-bond donors (Lipinski definition) is 2. The maximum atomic E-state index is 14.0. The van der Waals surface area contributed by atoms with Crippen molar-refractivity contribution in [3.63, 3.8) is 0 Å². The Kier molecular flexibility index (Phi) is 11.4. The molecule has 3 atom stereocenters. The summed E-state index contributed by atoms with van der Waals surface area (Å²) in [7, 11) is 0.943. The molecule has 2 aliphatic heterocycles. The highest BCUT2D eigenvalue weighted by molar-refractivity contribution is 6.48. The van der Waals surface area contributed by atoms with Crippen LogP contribution < -0.4 is 10.6 Å². The summed E-state index contributed by atoms with van der Waals surface area (Å²) in [5, 5.41) is 6.08. The summed E-state index contributed by atoms with van der Waals surface area (Å²) in [6.45, 7) is 8.69. The maximum Gasteiger partial charge on any atom is 0.549 e. The van der Waals surface area contributed by atoms with Gasteiger partial charge in [0, 0.05) is 33.1 Å². The number of amides is 3. The van der Waals surface area contributed by atoms with Crippen LogP contribution in [0.2, 0.25) is 0 Å². The van der Waals surface area contributed by atoms with Crippen LogP contribution in [0.3, 0.4) is 0 Å². The molecule has 0 bridgehead atoms. The van der Waals surface area contributed by atoms with Gasteiger partial charge in [-0.1, -0.05) is 67.2 Å². The van der Waals surface area contributed by atoms with Gasteiger partial charge in [0.05, 0.1) is 11.7 Å². The van der Waals surface area contributed by atoms with Crippen LogP contribution in [0, 0.1) is 0 Å². The lowest BCUT2D eigenvalue weighted by Gasteiger charge is -2.30. The van der Waals surface area contributed by atoms with E-state index in [1.54, 1.807) is 12.0 Å². The molecule has 0 aromatic heterocycles. The van der Waals surface area contributed by atoms with Gasteiger partial charge in [-0.15, -0.1) is 0 Å². The van der Waals surface area contributed by atoms with Gasteiger partial charge >= 0.3 is 7.12 Å². The maximum absolute atomic E-state index is 14.0. The lowest BCUT2D eigenvalue weighted by atomic mass is 9.75. The summed E-state index contributed by atoms with van der Waals surface area (Å²) in [5.41, 5.74) is 1.32. The Morgan fingerprint density at radius 2 is 1.74 bits per heavy atom. The minimum Gasteiger partial charge on any atom is -0.536 e. The van der Waals surface area contributed by atoms with Crippen molar-refractivity contribution in [2.45, 2.75) is 82.4 Å². The molecule has 230 valence electrons. The summed E-state index contributed by atoms with van der Waals surface area (Å²) < 4.78 is 17.2. The summed E-state index contributed by atoms with van der Waals surface area (Å²) in [5.74, 6) is -0.655. The van der Waals surface area contributed by atoms with E-state index < -0.39 is 30.7 Å². The van der Waals surface area contributed by atoms with E-state index in [9.17, 15) is 14.4 Å². The van der Waals surface area contributed by atoms with Gasteiger partial charge in [-0.05, 0) is 57.1 Å². The fourth-order valence-corrected chi connectivity index (χ4v) is 5.55. The monoisotopic (exact) mass is 589 g/mol. The van der Waals surface area contributed by atoms with Crippen molar-refractivity contribution in [1.29, 1.82) is 0 Å². The number of benzene rings is 2. The molecule has 3 amide bonds. The van der Waals surface area contributed by atoms with Gasteiger partial charge in [0.25, 0.3) is 0 Å². The molecule has 2 aromatic rings. The molecule has 0 aliphatic carbocycles. The normalized spacial score (nSPS) is 19.0. The Morgan fingerprint density at radius 3 is 2.37 bits per heavy atom. The third-order valence-electron chi connectivity index (χ3n) is 8.10. The van der Waals surface area contributed by atoms with E-state index in [0.29, 0.717) is 57.4 Å². The second-order valence-corrected chi connectivity index (χ2v) is 11.8.